The summed E-state index contributed by atoms with van der Waals surface area (Å²) in [6.07, 6.45) is 2.05. The molecule has 0 bridgehead atoms. The molecule has 1 atom stereocenters. The summed E-state index contributed by atoms with van der Waals surface area (Å²) in [7, 11) is 0. The topological polar surface area (TPSA) is 47.8 Å². The summed E-state index contributed by atoms with van der Waals surface area (Å²) in [5.41, 5.74) is 3.51. The van der Waals surface area contributed by atoms with Crippen LogP contribution in [0, 0.1) is 0 Å². The molecule has 1 unspecified atom stereocenters. The van der Waals surface area contributed by atoms with Gasteiger partial charge in [0.2, 0.25) is 0 Å². The number of ketones is 1. The first-order valence-electron chi connectivity index (χ1n) is 8.92. The Bertz CT molecular complexity index is 1010. The van der Waals surface area contributed by atoms with Crippen molar-refractivity contribution in [3.05, 3.63) is 108 Å². The fourth-order valence-electron chi connectivity index (χ4n) is 3.09. The number of carbonyl (C=O) groups excluding carboxylic acids is 1. The van der Waals surface area contributed by atoms with Crippen molar-refractivity contribution in [2.75, 3.05) is 0 Å². The Morgan fingerprint density at radius 3 is 2.07 bits per heavy atom. The summed E-state index contributed by atoms with van der Waals surface area (Å²) in [5, 5.41) is 9.13. The minimum absolute atomic E-state index is 0.0722. The first-order chi connectivity index (χ1) is 13.3. The molecule has 4 aromatic rings. The third kappa shape index (κ3) is 3.85. The maximum atomic E-state index is 12.8. The van der Waals surface area contributed by atoms with E-state index < -0.39 is 0 Å². The molecule has 0 amide bonds. The summed E-state index contributed by atoms with van der Waals surface area (Å²) >= 11 is 0. The van der Waals surface area contributed by atoms with Crippen LogP contribution < -0.4 is 0 Å². The smallest absolute Gasteiger partial charge is 0.165 e. The van der Waals surface area contributed by atoms with E-state index in [1.807, 2.05) is 91.0 Å². The summed E-state index contributed by atoms with van der Waals surface area (Å²) in [5.74, 6) is 0.0722. The summed E-state index contributed by atoms with van der Waals surface area (Å²) < 4.78 is 0. The number of Topliss-reactive ketones (excluding diaryl/α,β-unsaturated/α-hetero) is 1. The van der Waals surface area contributed by atoms with Gasteiger partial charge in [0.25, 0.3) is 0 Å². The van der Waals surface area contributed by atoms with Crippen molar-refractivity contribution >= 4 is 5.78 Å². The highest BCUT2D eigenvalue weighted by Gasteiger charge is 2.21. The molecular formula is C23H19N3O. The molecule has 27 heavy (non-hydrogen) atoms. The number of benzene rings is 3. The molecule has 1 aromatic heterocycles. The first-order valence-corrected chi connectivity index (χ1v) is 8.92. The Hall–Kier alpha value is -3.53. The van der Waals surface area contributed by atoms with Crippen LogP contribution in [0.3, 0.4) is 0 Å². The van der Waals surface area contributed by atoms with Gasteiger partial charge in [-0.05, 0) is 5.56 Å². The van der Waals surface area contributed by atoms with Crippen LogP contribution in [0.1, 0.15) is 28.4 Å². The molecule has 0 radical (unpaired) electrons. The van der Waals surface area contributed by atoms with E-state index in [0.717, 1.165) is 16.8 Å². The highest BCUT2D eigenvalue weighted by Crippen LogP contribution is 2.24. The van der Waals surface area contributed by atoms with Gasteiger partial charge in [0, 0.05) is 17.5 Å². The molecule has 0 aliphatic rings. The van der Waals surface area contributed by atoms with Crippen molar-refractivity contribution < 1.29 is 4.79 Å². The molecule has 0 fully saturated rings. The zero-order valence-corrected chi connectivity index (χ0v) is 14.8. The van der Waals surface area contributed by atoms with Gasteiger partial charge in [0.15, 0.2) is 5.78 Å². The van der Waals surface area contributed by atoms with Crippen molar-refractivity contribution in [1.82, 2.24) is 15.0 Å². The lowest BCUT2D eigenvalue weighted by molar-refractivity contribution is 0.0964. The van der Waals surface area contributed by atoms with Gasteiger partial charge in [-0.3, -0.25) is 4.79 Å². The Morgan fingerprint density at radius 2 is 1.41 bits per heavy atom. The zero-order valence-electron chi connectivity index (χ0n) is 14.8. The van der Waals surface area contributed by atoms with Crippen LogP contribution in [-0.4, -0.2) is 20.8 Å². The van der Waals surface area contributed by atoms with E-state index in [9.17, 15) is 4.79 Å². The van der Waals surface area contributed by atoms with E-state index in [2.05, 4.69) is 10.2 Å². The molecule has 0 saturated carbocycles. The predicted octanol–water partition coefficient (Wildman–Crippen LogP) is 4.81. The molecule has 0 aliphatic carbocycles. The van der Waals surface area contributed by atoms with Crippen LogP contribution in [0.4, 0.5) is 0 Å². The molecule has 4 rings (SSSR count). The van der Waals surface area contributed by atoms with E-state index in [-0.39, 0.29) is 11.8 Å². The maximum Gasteiger partial charge on any atom is 0.165 e. The molecule has 4 heteroatoms. The first kappa shape index (κ1) is 16.9. The van der Waals surface area contributed by atoms with E-state index in [4.69, 9.17) is 0 Å². The predicted molar refractivity (Wildman–Crippen MR) is 105 cm³/mol. The van der Waals surface area contributed by atoms with Gasteiger partial charge >= 0.3 is 0 Å². The zero-order chi connectivity index (χ0) is 18.5. The third-order valence-corrected chi connectivity index (χ3v) is 4.52. The molecule has 0 saturated heterocycles. The SMILES string of the molecule is O=C(CC(c1ccccc1)n1ncc(-c2ccccc2)n1)c1ccccc1. The van der Waals surface area contributed by atoms with Crippen molar-refractivity contribution in [3.8, 4) is 11.3 Å². The Balaban J connectivity index is 1.67. The van der Waals surface area contributed by atoms with Crippen LogP contribution in [0.5, 0.6) is 0 Å². The lowest BCUT2D eigenvalue weighted by Crippen LogP contribution is -2.18. The number of rotatable bonds is 6. The van der Waals surface area contributed by atoms with E-state index in [1.54, 1.807) is 11.0 Å². The Kier molecular flexibility index (Phi) is 4.88. The molecule has 0 N–H and O–H groups in total. The largest absolute Gasteiger partial charge is 0.294 e. The van der Waals surface area contributed by atoms with Crippen molar-refractivity contribution in [2.24, 2.45) is 0 Å². The Morgan fingerprint density at radius 1 is 0.815 bits per heavy atom. The van der Waals surface area contributed by atoms with E-state index >= 15 is 0 Å². The standard InChI is InChI=1S/C23H19N3O/c27-23(20-14-8-3-9-15-20)16-22(19-12-6-2-7-13-19)26-24-17-21(25-26)18-10-4-1-5-11-18/h1-15,17,22H,16H2. The highest BCUT2D eigenvalue weighted by molar-refractivity contribution is 5.96. The fraction of sp³-hybridized carbons (Fsp3) is 0.0870. The van der Waals surface area contributed by atoms with Crippen molar-refractivity contribution in [2.45, 2.75) is 12.5 Å². The maximum absolute atomic E-state index is 12.8. The highest BCUT2D eigenvalue weighted by atomic mass is 16.1. The van der Waals surface area contributed by atoms with Gasteiger partial charge in [-0.15, -0.1) is 0 Å². The minimum atomic E-state index is -0.253. The average Bonchev–Trinajstić information content (AvgIpc) is 3.24. The number of nitrogens with zero attached hydrogens (tertiary/aromatic N) is 3. The molecule has 132 valence electrons. The van der Waals surface area contributed by atoms with Crippen molar-refractivity contribution in [1.29, 1.82) is 0 Å². The normalized spacial score (nSPS) is 11.9. The van der Waals surface area contributed by atoms with Gasteiger partial charge in [-0.2, -0.15) is 15.0 Å². The van der Waals surface area contributed by atoms with E-state index in [1.165, 1.54) is 0 Å². The monoisotopic (exact) mass is 353 g/mol. The Labute approximate surface area is 158 Å². The van der Waals surface area contributed by atoms with Gasteiger partial charge in [-0.25, -0.2) is 0 Å². The third-order valence-electron chi connectivity index (χ3n) is 4.52. The van der Waals surface area contributed by atoms with Crippen LogP contribution in [0.2, 0.25) is 0 Å². The van der Waals surface area contributed by atoms with Crippen LogP contribution in [-0.2, 0) is 0 Å². The molecule has 1 heterocycles. The number of carbonyl (C=O) groups is 1. The minimum Gasteiger partial charge on any atom is -0.294 e. The van der Waals surface area contributed by atoms with Crippen LogP contribution in [0.15, 0.2) is 97.2 Å². The molecule has 4 nitrogen and oxygen atoms in total. The van der Waals surface area contributed by atoms with Crippen LogP contribution >= 0.6 is 0 Å². The average molecular weight is 353 g/mol. The number of aromatic nitrogens is 3. The lowest BCUT2D eigenvalue weighted by Gasteiger charge is -2.16. The lowest BCUT2D eigenvalue weighted by atomic mass is 9.98. The summed E-state index contributed by atoms with van der Waals surface area (Å²) in [6, 6.07) is 28.9. The number of hydrogen-bond acceptors (Lipinski definition) is 3. The molecule has 0 spiro atoms. The molecular weight excluding hydrogens is 334 g/mol. The second kappa shape index (κ2) is 7.79. The fourth-order valence-corrected chi connectivity index (χ4v) is 3.09. The van der Waals surface area contributed by atoms with Crippen LogP contribution in [0.25, 0.3) is 11.3 Å². The second-order valence-electron chi connectivity index (χ2n) is 6.34. The molecule has 3 aromatic carbocycles. The van der Waals surface area contributed by atoms with Gasteiger partial charge in [0.05, 0.1) is 6.20 Å². The number of hydrogen-bond donors (Lipinski definition) is 0. The van der Waals surface area contributed by atoms with Gasteiger partial charge in [-0.1, -0.05) is 91.0 Å². The second-order valence-corrected chi connectivity index (χ2v) is 6.34. The molecule has 0 aliphatic heterocycles. The van der Waals surface area contributed by atoms with Gasteiger partial charge in [0.1, 0.15) is 11.7 Å². The summed E-state index contributed by atoms with van der Waals surface area (Å²) in [4.78, 5) is 14.5. The van der Waals surface area contributed by atoms with E-state index in [0.29, 0.717) is 12.0 Å². The van der Waals surface area contributed by atoms with Crippen molar-refractivity contribution in [3.63, 3.8) is 0 Å². The quantitative estimate of drug-likeness (QED) is 0.468. The van der Waals surface area contributed by atoms with Gasteiger partial charge < -0.3 is 0 Å². The summed E-state index contributed by atoms with van der Waals surface area (Å²) in [6.45, 7) is 0.